The molecule has 2 aliphatic heterocycles. The smallest absolute Gasteiger partial charge is 0.237 e. The Morgan fingerprint density at radius 2 is 1.89 bits per heavy atom. The molecule has 8 heteroatoms. The predicted molar refractivity (Wildman–Crippen MR) is 109 cm³/mol. The van der Waals surface area contributed by atoms with Crippen LogP contribution in [0.2, 0.25) is 0 Å². The van der Waals surface area contributed by atoms with Crippen LogP contribution in [0.1, 0.15) is 20.3 Å². The van der Waals surface area contributed by atoms with Crippen molar-refractivity contribution in [2.45, 2.75) is 26.3 Å². The highest BCUT2D eigenvalue weighted by molar-refractivity contribution is 7.91. The first-order chi connectivity index (χ1) is 13.2. The van der Waals surface area contributed by atoms with Crippen molar-refractivity contribution in [3.05, 3.63) is 30.1 Å². The first-order valence-electron chi connectivity index (χ1n) is 9.97. The number of benzene rings is 1. The van der Waals surface area contributed by atoms with Gasteiger partial charge in [-0.1, -0.05) is 26.0 Å². The Morgan fingerprint density at radius 3 is 2.46 bits per heavy atom. The molecule has 0 unspecified atom stereocenters. The van der Waals surface area contributed by atoms with E-state index in [9.17, 15) is 17.6 Å². The van der Waals surface area contributed by atoms with Crippen molar-refractivity contribution in [2.24, 2.45) is 5.92 Å². The Morgan fingerprint density at radius 1 is 1.21 bits per heavy atom. The molecule has 1 aromatic carbocycles. The van der Waals surface area contributed by atoms with Crippen molar-refractivity contribution in [2.75, 3.05) is 55.7 Å². The number of hydrogen-bond acceptors (Lipinski definition) is 5. The van der Waals surface area contributed by atoms with E-state index in [1.165, 1.54) is 6.07 Å². The number of rotatable bonds is 6. The van der Waals surface area contributed by atoms with Crippen LogP contribution in [0, 0.1) is 11.7 Å². The molecule has 2 saturated heterocycles. The Hall–Kier alpha value is -1.67. The minimum Gasteiger partial charge on any atom is -0.367 e. The molecular formula is C20H30FN3O3S. The lowest BCUT2D eigenvalue weighted by atomic mass is 10.1. The van der Waals surface area contributed by atoms with E-state index < -0.39 is 9.84 Å². The standard InChI is InChI=1S/C20H30FN3O3S/c1-16(2)13-24(17-7-12-28(26,27)15-17)20(25)14-22-8-10-23(11-9-22)19-6-4-3-5-18(19)21/h3-6,16-17H,7-15H2,1-2H3/t17-/m1/s1. The van der Waals surface area contributed by atoms with Gasteiger partial charge in [-0.2, -0.15) is 0 Å². The van der Waals surface area contributed by atoms with E-state index in [1.54, 1.807) is 17.0 Å². The number of piperazine rings is 1. The molecule has 1 atom stereocenters. The van der Waals surface area contributed by atoms with Crippen LogP contribution in [-0.2, 0) is 14.6 Å². The van der Waals surface area contributed by atoms with Crippen LogP contribution in [-0.4, -0.2) is 80.9 Å². The number of amides is 1. The average molecular weight is 412 g/mol. The number of sulfone groups is 1. The summed E-state index contributed by atoms with van der Waals surface area (Å²) in [6.45, 7) is 7.62. The Balaban J connectivity index is 1.58. The normalized spacial score (nSPS) is 22.6. The second-order valence-corrected chi connectivity index (χ2v) is 10.4. The van der Waals surface area contributed by atoms with Crippen molar-refractivity contribution in [3.8, 4) is 0 Å². The fourth-order valence-corrected chi connectivity index (χ4v) is 5.74. The summed E-state index contributed by atoms with van der Waals surface area (Å²) in [6.07, 6.45) is 0.530. The van der Waals surface area contributed by atoms with Crippen LogP contribution in [0.3, 0.4) is 0 Å². The number of anilines is 1. The number of carbonyl (C=O) groups excluding carboxylic acids is 1. The summed E-state index contributed by atoms with van der Waals surface area (Å²) in [5.74, 6) is 0.297. The summed E-state index contributed by atoms with van der Waals surface area (Å²) < 4.78 is 37.7. The topological polar surface area (TPSA) is 60.9 Å². The van der Waals surface area contributed by atoms with Crippen molar-refractivity contribution in [3.63, 3.8) is 0 Å². The van der Waals surface area contributed by atoms with Gasteiger partial charge in [-0.05, 0) is 24.5 Å². The van der Waals surface area contributed by atoms with Gasteiger partial charge in [0, 0.05) is 38.8 Å². The van der Waals surface area contributed by atoms with Crippen molar-refractivity contribution in [1.29, 1.82) is 0 Å². The van der Waals surface area contributed by atoms with E-state index in [1.807, 2.05) is 24.8 Å². The summed E-state index contributed by atoms with van der Waals surface area (Å²) in [5, 5.41) is 0. The van der Waals surface area contributed by atoms with Gasteiger partial charge < -0.3 is 9.80 Å². The third-order valence-corrected chi connectivity index (χ3v) is 7.21. The molecule has 1 aromatic rings. The first-order valence-corrected chi connectivity index (χ1v) is 11.8. The van der Waals surface area contributed by atoms with E-state index in [4.69, 9.17) is 0 Å². The van der Waals surface area contributed by atoms with E-state index in [2.05, 4.69) is 4.90 Å². The molecular weight excluding hydrogens is 381 g/mol. The third-order valence-electron chi connectivity index (χ3n) is 5.46. The maximum absolute atomic E-state index is 14.0. The monoisotopic (exact) mass is 411 g/mol. The van der Waals surface area contributed by atoms with Gasteiger partial charge in [0.1, 0.15) is 5.82 Å². The molecule has 0 N–H and O–H groups in total. The highest BCUT2D eigenvalue weighted by Crippen LogP contribution is 2.22. The van der Waals surface area contributed by atoms with Gasteiger partial charge in [0.2, 0.25) is 5.91 Å². The molecule has 0 spiro atoms. The number of hydrogen-bond donors (Lipinski definition) is 0. The fraction of sp³-hybridized carbons (Fsp3) is 0.650. The van der Waals surface area contributed by atoms with Crippen LogP contribution in [0.4, 0.5) is 10.1 Å². The van der Waals surface area contributed by atoms with Gasteiger partial charge in [0.25, 0.3) is 0 Å². The molecule has 0 bridgehead atoms. The Bertz CT molecular complexity index is 792. The molecule has 0 saturated carbocycles. The predicted octanol–water partition coefficient (Wildman–Crippen LogP) is 1.62. The molecule has 28 heavy (non-hydrogen) atoms. The van der Waals surface area contributed by atoms with Crippen LogP contribution in [0.15, 0.2) is 24.3 Å². The molecule has 156 valence electrons. The second kappa shape index (κ2) is 8.78. The zero-order valence-electron chi connectivity index (χ0n) is 16.7. The first kappa shape index (κ1) is 21.0. The van der Waals surface area contributed by atoms with Gasteiger partial charge in [-0.25, -0.2) is 12.8 Å². The summed E-state index contributed by atoms with van der Waals surface area (Å²) in [4.78, 5) is 18.8. The highest BCUT2D eigenvalue weighted by Gasteiger charge is 2.35. The highest BCUT2D eigenvalue weighted by atomic mass is 32.2. The zero-order chi connectivity index (χ0) is 20.3. The number of para-hydroxylation sites is 1. The summed E-state index contributed by atoms with van der Waals surface area (Å²) >= 11 is 0. The average Bonchev–Trinajstić information content (AvgIpc) is 3.00. The van der Waals surface area contributed by atoms with Gasteiger partial charge in [-0.3, -0.25) is 9.69 Å². The van der Waals surface area contributed by atoms with Crippen LogP contribution >= 0.6 is 0 Å². The van der Waals surface area contributed by atoms with Crippen molar-refractivity contribution >= 4 is 21.4 Å². The van der Waals surface area contributed by atoms with Crippen LogP contribution < -0.4 is 4.90 Å². The lowest BCUT2D eigenvalue weighted by Gasteiger charge is -2.37. The maximum Gasteiger partial charge on any atom is 0.237 e. The molecule has 0 aromatic heterocycles. The molecule has 2 fully saturated rings. The molecule has 0 aliphatic carbocycles. The SMILES string of the molecule is CC(C)CN(C(=O)CN1CCN(c2ccccc2F)CC1)[C@@H]1CCS(=O)(=O)C1. The largest absolute Gasteiger partial charge is 0.367 e. The quantitative estimate of drug-likeness (QED) is 0.712. The van der Waals surface area contributed by atoms with E-state index in [0.29, 0.717) is 44.8 Å². The number of nitrogens with zero attached hydrogens (tertiary/aromatic N) is 3. The second-order valence-electron chi connectivity index (χ2n) is 8.21. The minimum absolute atomic E-state index is 0.00450. The summed E-state index contributed by atoms with van der Waals surface area (Å²) in [7, 11) is -3.03. The van der Waals surface area contributed by atoms with Gasteiger partial charge in [-0.15, -0.1) is 0 Å². The van der Waals surface area contributed by atoms with Crippen LogP contribution in [0.5, 0.6) is 0 Å². The number of carbonyl (C=O) groups is 1. The molecule has 2 heterocycles. The molecule has 0 radical (unpaired) electrons. The van der Waals surface area contributed by atoms with E-state index in [0.717, 1.165) is 0 Å². The molecule has 1 amide bonds. The Kier molecular flexibility index (Phi) is 6.60. The van der Waals surface area contributed by atoms with Crippen molar-refractivity contribution < 1.29 is 17.6 Å². The lowest BCUT2D eigenvalue weighted by Crippen LogP contribution is -2.52. The maximum atomic E-state index is 14.0. The Labute approximate surface area is 167 Å². The van der Waals surface area contributed by atoms with E-state index in [-0.39, 0.29) is 41.7 Å². The fourth-order valence-electron chi connectivity index (χ4n) is 4.01. The van der Waals surface area contributed by atoms with Crippen LogP contribution in [0.25, 0.3) is 0 Å². The van der Waals surface area contributed by atoms with Crippen molar-refractivity contribution in [1.82, 2.24) is 9.80 Å². The lowest BCUT2D eigenvalue weighted by molar-refractivity contribution is -0.135. The minimum atomic E-state index is -3.03. The molecule has 6 nitrogen and oxygen atoms in total. The van der Waals surface area contributed by atoms with Gasteiger partial charge in [0.15, 0.2) is 9.84 Å². The van der Waals surface area contributed by atoms with Gasteiger partial charge >= 0.3 is 0 Å². The molecule has 2 aliphatic rings. The van der Waals surface area contributed by atoms with Gasteiger partial charge in [0.05, 0.1) is 23.7 Å². The van der Waals surface area contributed by atoms with E-state index >= 15 is 0 Å². The summed E-state index contributed by atoms with van der Waals surface area (Å²) in [6, 6.07) is 6.54. The third kappa shape index (κ3) is 5.23. The zero-order valence-corrected chi connectivity index (χ0v) is 17.5. The number of halogens is 1. The summed E-state index contributed by atoms with van der Waals surface area (Å²) in [5.41, 5.74) is 0.603. The molecule has 3 rings (SSSR count).